The lowest BCUT2D eigenvalue weighted by molar-refractivity contribution is 0.102. The summed E-state index contributed by atoms with van der Waals surface area (Å²) in [5.41, 5.74) is 0.812. The molecule has 2 heterocycles. The third-order valence-corrected chi connectivity index (χ3v) is 5.32. The predicted octanol–water partition coefficient (Wildman–Crippen LogP) is 4.48. The highest BCUT2D eigenvalue weighted by Crippen LogP contribution is 2.28. The summed E-state index contributed by atoms with van der Waals surface area (Å²) in [6.07, 6.45) is 1.23. The molecule has 0 aliphatic heterocycles. The van der Waals surface area contributed by atoms with Crippen LogP contribution in [-0.2, 0) is 0 Å². The van der Waals surface area contributed by atoms with Crippen LogP contribution in [0.25, 0.3) is 16.2 Å². The zero-order valence-electron chi connectivity index (χ0n) is 15.0. The van der Waals surface area contributed by atoms with Crippen molar-refractivity contribution in [2.45, 2.75) is 0 Å². The lowest BCUT2D eigenvalue weighted by atomic mass is 10.1. The number of amides is 1. The third kappa shape index (κ3) is 3.59. The first-order chi connectivity index (χ1) is 14.0. The second-order valence-electron chi connectivity index (χ2n) is 6.02. The van der Waals surface area contributed by atoms with Crippen molar-refractivity contribution in [3.8, 4) is 17.0 Å². The Bertz CT molecular complexity index is 1280. The number of anilines is 1. The van der Waals surface area contributed by atoms with E-state index in [-0.39, 0.29) is 11.4 Å². The van der Waals surface area contributed by atoms with Crippen LogP contribution in [0.15, 0.2) is 58.8 Å². The maximum atomic E-state index is 13.2. The van der Waals surface area contributed by atoms with E-state index in [0.717, 1.165) is 0 Å². The number of rotatable bonds is 4. The van der Waals surface area contributed by atoms with E-state index in [1.165, 1.54) is 47.2 Å². The van der Waals surface area contributed by atoms with Crippen LogP contribution in [-0.4, -0.2) is 22.4 Å². The molecule has 2 aromatic heterocycles. The van der Waals surface area contributed by atoms with Crippen LogP contribution in [0.4, 0.5) is 10.1 Å². The van der Waals surface area contributed by atoms with Gasteiger partial charge >= 0.3 is 0 Å². The maximum Gasteiger partial charge on any atom is 0.271 e. The number of nitrogens with zero attached hydrogens (tertiary/aromatic N) is 2. The molecule has 6 nitrogen and oxygen atoms in total. The molecule has 146 valence electrons. The molecule has 0 radical (unpaired) electrons. The van der Waals surface area contributed by atoms with E-state index in [0.29, 0.717) is 32.7 Å². The molecule has 0 saturated heterocycles. The van der Waals surface area contributed by atoms with Crippen molar-refractivity contribution in [3.63, 3.8) is 0 Å². The van der Waals surface area contributed by atoms with Crippen LogP contribution in [0, 0.1) is 5.82 Å². The number of hydrogen-bond donors (Lipinski definition) is 1. The highest BCUT2D eigenvalue weighted by Gasteiger charge is 2.18. The van der Waals surface area contributed by atoms with Crippen LogP contribution in [0.2, 0.25) is 5.02 Å². The molecule has 4 rings (SSSR count). The first kappa shape index (κ1) is 19.1. The SMILES string of the molecule is COc1ccc(Cl)cc1NC(=O)c1cnc2scc(-c3ccc(F)cc3)n2c1=O. The monoisotopic (exact) mass is 429 g/mol. The number of fused-ring (bicyclic) bond motifs is 1. The summed E-state index contributed by atoms with van der Waals surface area (Å²) in [6, 6.07) is 10.5. The van der Waals surface area contributed by atoms with Crippen molar-refractivity contribution in [2.75, 3.05) is 12.4 Å². The Kier molecular flexibility index (Phi) is 5.04. The minimum absolute atomic E-state index is 0.147. The number of halogens is 2. The van der Waals surface area contributed by atoms with E-state index in [1.807, 2.05) is 0 Å². The van der Waals surface area contributed by atoms with Gasteiger partial charge in [0.2, 0.25) is 0 Å². The van der Waals surface area contributed by atoms with E-state index >= 15 is 0 Å². The highest BCUT2D eigenvalue weighted by atomic mass is 35.5. The number of thiazole rings is 1. The van der Waals surface area contributed by atoms with Crippen LogP contribution in [0.5, 0.6) is 5.75 Å². The molecule has 0 fully saturated rings. The summed E-state index contributed by atoms with van der Waals surface area (Å²) in [7, 11) is 1.46. The van der Waals surface area contributed by atoms with E-state index in [9.17, 15) is 14.0 Å². The Morgan fingerprint density at radius 1 is 1.24 bits per heavy atom. The van der Waals surface area contributed by atoms with Gasteiger partial charge in [-0.1, -0.05) is 11.6 Å². The number of ether oxygens (including phenoxy) is 1. The number of carbonyl (C=O) groups excluding carboxylic acids is 1. The van der Waals surface area contributed by atoms with Crippen LogP contribution in [0.3, 0.4) is 0 Å². The summed E-state index contributed by atoms with van der Waals surface area (Å²) in [5, 5.41) is 4.78. The third-order valence-electron chi connectivity index (χ3n) is 4.24. The van der Waals surface area contributed by atoms with Crippen molar-refractivity contribution in [1.29, 1.82) is 0 Å². The first-order valence-electron chi connectivity index (χ1n) is 8.38. The summed E-state index contributed by atoms with van der Waals surface area (Å²) in [4.78, 5) is 30.4. The molecule has 29 heavy (non-hydrogen) atoms. The average Bonchev–Trinajstić information content (AvgIpc) is 3.14. The summed E-state index contributed by atoms with van der Waals surface area (Å²) >= 11 is 7.24. The molecular weight excluding hydrogens is 417 g/mol. The zero-order valence-corrected chi connectivity index (χ0v) is 16.6. The Labute approximate surface area is 173 Å². The van der Waals surface area contributed by atoms with Crippen molar-refractivity contribution in [1.82, 2.24) is 9.38 Å². The van der Waals surface area contributed by atoms with Gasteiger partial charge in [-0.15, -0.1) is 11.3 Å². The summed E-state index contributed by atoms with van der Waals surface area (Å²) in [6.45, 7) is 0. The van der Waals surface area contributed by atoms with Gasteiger partial charge in [-0.3, -0.25) is 14.0 Å². The van der Waals surface area contributed by atoms with Crippen molar-refractivity contribution in [3.05, 3.63) is 80.8 Å². The van der Waals surface area contributed by atoms with E-state index in [2.05, 4.69) is 10.3 Å². The van der Waals surface area contributed by atoms with Crippen LogP contribution < -0.4 is 15.6 Å². The fraction of sp³-hybridized carbons (Fsp3) is 0.0500. The van der Waals surface area contributed by atoms with Crippen LogP contribution in [0.1, 0.15) is 10.4 Å². The smallest absolute Gasteiger partial charge is 0.271 e. The Hall–Kier alpha value is -3.23. The normalized spacial score (nSPS) is 10.9. The molecule has 1 N–H and O–H groups in total. The molecule has 4 aromatic rings. The molecular formula is C20H13ClFN3O3S. The molecule has 0 aliphatic carbocycles. The van der Waals surface area contributed by atoms with Crippen molar-refractivity contribution in [2.24, 2.45) is 0 Å². The van der Waals surface area contributed by atoms with E-state index < -0.39 is 11.5 Å². The minimum Gasteiger partial charge on any atom is -0.495 e. The van der Waals surface area contributed by atoms with Gasteiger partial charge in [0.25, 0.3) is 11.5 Å². The quantitative estimate of drug-likeness (QED) is 0.519. The molecule has 0 spiro atoms. The number of nitrogens with one attached hydrogen (secondary N) is 1. The molecule has 0 saturated carbocycles. The summed E-state index contributed by atoms with van der Waals surface area (Å²) < 4.78 is 19.8. The Morgan fingerprint density at radius 3 is 2.72 bits per heavy atom. The van der Waals surface area contributed by atoms with Gasteiger partial charge in [-0.25, -0.2) is 9.37 Å². The van der Waals surface area contributed by atoms with Gasteiger partial charge in [0.15, 0.2) is 4.96 Å². The van der Waals surface area contributed by atoms with Crippen molar-refractivity contribution < 1.29 is 13.9 Å². The standard InChI is InChI=1S/C20H13ClFN3O3S/c1-28-17-7-4-12(21)8-15(17)24-18(26)14-9-23-20-25(19(14)27)16(10-29-20)11-2-5-13(22)6-3-11/h2-10H,1H3,(H,24,26). The molecule has 9 heteroatoms. The molecule has 0 aliphatic rings. The van der Waals surface area contributed by atoms with Gasteiger partial charge in [0, 0.05) is 16.6 Å². The number of carbonyl (C=O) groups is 1. The topological polar surface area (TPSA) is 72.7 Å². The van der Waals surface area contributed by atoms with Gasteiger partial charge < -0.3 is 10.1 Å². The van der Waals surface area contributed by atoms with E-state index in [1.54, 1.807) is 29.6 Å². The van der Waals surface area contributed by atoms with Gasteiger partial charge in [-0.2, -0.15) is 0 Å². The Morgan fingerprint density at radius 2 is 2.00 bits per heavy atom. The number of hydrogen-bond acceptors (Lipinski definition) is 5. The lowest BCUT2D eigenvalue weighted by Crippen LogP contribution is -2.26. The molecule has 0 atom stereocenters. The van der Waals surface area contributed by atoms with Crippen LogP contribution >= 0.6 is 22.9 Å². The van der Waals surface area contributed by atoms with Gasteiger partial charge in [0.05, 0.1) is 18.5 Å². The molecule has 2 aromatic carbocycles. The lowest BCUT2D eigenvalue weighted by Gasteiger charge is -2.10. The highest BCUT2D eigenvalue weighted by molar-refractivity contribution is 7.15. The number of methoxy groups -OCH3 is 1. The van der Waals surface area contributed by atoms with Gasteiger partial charge in [-0.05, 0) is 48.0 Å². The predicted molar refractivity (Wildman–Crippen MR) is 111 cm³/mol. The van der Waals surface area contributed by atoms with Gasteiger partial charge in [0.1, 0.15) is 17.1 Å². The Balaban J connectivity index is 1.77. The molecule has 0 unspecified atom stereocenters. The summed E-state index contributed by atoms with van der Waals surface area (Å²) in [5.74, 6) is -0.623. The number of aromatic nitrogens is 2. The fourth-order valence-electron chi connectivity index (χ4n) is 2.84. The minimum atomic E-state index is -0.645. The molecule has 0 bridgehead atoms. The maximum absolute atomic E-state index is 13.2. The zero-order chi connectivity index (χ0) is 20.5. The van der Waals surface area contributed by atoms with E-state index in [4.69, 9.17) is 16.3 Å². The number of benzene rings is 2. The van der Waals surface area contributed by atoms with Crippen molar-refractivity contribution >= 4 is 39.5 Å². The second kappa shape index (κ2) is 7.65. The second-order valence-corrected chi connectivity index (χ2v) is 7.29. The average molecular weight is 430 g/mol. The fourth-order valence-corrected chi connectivity index (χ4v) is 3.87. The first-order valence-corrected chi connectivity index (χ1v) is 9.64. The largest absolute Gasteiger partial charge is 0.495 e. The molecule has 1 amide bonds.